The number of aldehydes is 1. The Labute approximate surface area is 74.5 Å². The lowest BCUT2D eigenvalue weighted by Gasteiger charge is -1.99. The smallest absolute Gasteiger partial charge is 0.219 e. The Morgan fingerprint density at radius 1 is 1.42 bits per heavy atom. The topological polar surface area (TPSA) is 46.2 Å². The summed E-state index contributed by atoms with van der Waals surface area (Å²) >= 11 is 0. The molecule has 0 saturated carbocycles. The highest BCUT2D eigenvalue weighted by atomic mass is 16.1. The van der Waals surface area contributed by atoms with Gasteiger partial charge in [0.15, 0.2) is 0 Å². The van der Waals surface area contributed by atoms with E-state index in [0.717, 1.165) is 25.7 Å². The van der Waals surface area contributed by atoms with Crippen LogP contribution in [0.15, 0.2) is 0 Å². The summed E-state index contributed by atoms with van der Waals surface area (Å²) in [4.78, 5) is 19.4. The lowest BCUT2D eigenvalue weighted by Crippen LogP contribution is -2.22. The molecule has 0 rings (SSSR count). The third-order valence-electron chi connectivity index (χ3n) is 1.17. The third kappa shape index (κ3) is 16.1. The molecule has 0 fully saturated rings. The first-order chi connectivity index (χ1) is 5.72. The minimum Gasteiger partial charge on any atom is -0.356 e. The van der Waals surface area contributed by atoms with E-state index in [1.165, 1.54) is 6.92 Å². The number of unbranched alkanes of at least 4 members (excludes halogenated alkanes) is 1. The molecule has 3 nitrogen and oxygen atoms in total. The monoisotopic (exact) mass is 173 g/mol. The lowest BCUT2D eigenvalue weighted by atomic mass is 10.3. The van der Waals surface area contributed by atoms with Gasteiger partial charge in [-0.3, -0.25) is 4.79 Å². The fraction of sp³-hybridized carbons (Fsp3) is 0.778. The maximum Gasteiger partial charge on any atom is 0.219 e. The van der Waals surface area contributed by atoms with E-state index >= 15 is 0 Å². The predicted octanol–water partition coefficient (Wildman–Crippen LogP) is 1.52. The summed E-state index contributed by atoms with van der Waals surface area (Å²) in [5, 5.41) is 2.79. The van der Waals surface area contributed by atoms with Crippen molar-refractivity contribution in [1.29, 1.82) is 0 Å². The zero-order valence-electron chi connectivity index (χ0n) is 8.22. The Morgan fingerprint density at radius 3 is 2.25 bits per heavy atom. The molecule has 1 N–H and O–H groups in total. The standard InChI is InChI=1S/C7H15NO.C2H4O/c1-3-5-6-8-7(9)4-2;1-2-3/h3-6H2,1-2H3,(H,8,9);2H,1H3. The maximum atomic E-state index is 10.6. The molecule has 3 heteroatoms. The second-order valence-electron chi connectivity index (χ2n) is 2.29. The molecule has 0 bridgehead atoms. The van der Waals surface area contributed by atoms with E-state index in [4.69, 9.17) is 4.79 Å². The molecule has 0 aliphatic heterocycles. The fourth-order valence-electron chi connectivity index (χ4n) is 0.530. The first kappa shape index (κ1) is 13.7. The average molecular weight is 173 g/mol. The van der Waals surface area contributed by atoms with Gasteiger partial charge >= 0.3 is 0 Å². The Balaban J connectivity index is 0. The van der Waals surface area contributed by atoms with Gasteiger partial charge < -0.3 is 10.1 Å². The Hall–Kier alpha value is -0.860. The molecule has 1 amide bonds. The number of rotatable bonds is 4. The van der Waals surface area contributed by atoms with Crippen LogP contribution in [0, 0.1) is 0 Å². The number of amides is 1. The van der Waals surface area contributed by atoms with Crippen molar-refractivity contribution in [2.24, 2.45) is 0 Å². The number of hydrogen-bond acceptors (Lipinski definition) is 2. The van der Waals surface area contributed by atoms with Gasteiger partial charge in [0.2, 0.25) is 5.91 Å². The molecule has 0 aromatic heterocycles. The Kier molecular flexibility index (Phi) is 14.6. The van der Waals surface area contributed by atoms with Crippen molar-refractivity contribution >= 4 is 12.2 Å². The third-order valence-corrected chi connectivity index (χ3v) is 1.17. The van der Waals surface area contributed by atoms with Crippen LogP contribution in [-0.2, 0) is 9.59 Å². The van der Waals surface area contributed by atoms with Crippen LogP contribution in [0.1, 0.15) is 40.0 Å². The summed E-state index contributed by atoms with van der Waals surface area (Å²) < 4.78 is 0. The molecule has 0 atom stereocenters. The summed E-state index contributed by atoms with van der Waals surface area (Å²) in [6.45, 7) is 6.25. The highest BCUT2D eigenvalue weighted by molar-refractivity contribution is 5.75. The van der Waals surface area contributed by atoms with Gasteiger partial charge in [0.1, 0.15) is 6.29 Å². The molecule has 0 saturated heterocycles. The lowest BCUT2D eigenvalue weighted by molar-refractivity contribution is -0.120. The van der Waals surface area contributed by atoms with Crippen LogP contribution in [-0.4, -0.2) is 18.7 Å². The van der Waals surface area contributed by atoms with Crippen LogP contribution < -0.4 is 5.32 Å². The molecule has 0 radical (unpaired) electrons. The van der Waals surface area contributed by atoms with Crippen molar-refractivity contribution in [2.75, 3.05) is 6.54 Å². The van der Waals surface area contributed by atoms with Crippen LogP contribution in [0.25, 0.3) is 0 Å². The molecule has 0 aromatic rings. The van der Waals surface area contributed by atoms with Crippen LogP contribution >= 0.6 is 0 Å². The van der Waals surface area contributed by atoms with E-state index < -0.39 is 0 Å². The first-order valence-corrected chi connectivity index (χ1v) is 4.39. The van der Waals surface area contributed by atoms with Crippen molar-refractivity contribution in [2.45, 2.75) is 40.0 Å². The molecule has 0 unspecified atom stereocenters. The highest BCUT2D eigenvalue weighted by Gasteiger charge is 1.91. The minimum atomic E-state index is 0.156. The van der Waals surface area contributed by atoms with Crippen molar-refractivity contribution in [3.05, 3.63) is 0 Å². The molecule has 0 heterocycles. The SMILES string of the molecule is CC=O.CCCCNC(=O)CC. The van der Waals surface area contributed by atoms with Crippen molar-refractivity contribution < 1.29 is 9.59 Å². The summed E-state index contributed by atoms with van der Waals surface area (Å²) in [7, 11) is 0. The number of nitrogens with one attached hydrogen (secondary N) is 1. The zero-order valence-corrected chi connectivity index (χ0v) is 8.22. The van der Waals surface area contributed by atoms with E-state index in [-0.39, 0.29) is 5.91 Å². The van der Waals surface area contributed by atoms with Crippen molar-refractivity contribution in [1.82, 2.24) is 5.32 Å². The van der Waals surface area contributed by atoms with E-state index in [2.05, 4.69) is 12.2 Å². The van der Waals surface area contributed by atoms with Gasteiger partial charge in [0, 0.05) is 13.0 Å². The fourth-order valence-corrected chi connectivity index (χ4v) is 0.530. The molecular weight excluding hydrogens is 154 g/mol. The first-order valence-electron chi connectivity index (χ1n) is 4.39. The Bertz CT molecular complexity index is 113. The van der Waals surface area contributed by atoms with Gasteiger partial charge in [-0.25, -0.2) is 0 Å². The van der Waals surface area contributed by atoms with Gasteiger partial charge in [-0.05, 0) is 13.3 Å². The van der Waals surface area contributed by atoms with E-state index in [9.17, 15) is 4.79 Å². The minimum absolute atomic E-state index is 0.156. The van der Waals surface area contributed by atoms with Crippen LogP contribution in [0.3, 0.4) is 0 Å². The molecule has 0 spiro atoms. The van der Waals surface area contributed by atoms with E-state index in [0.29, 0.717) is 6.42 Å². The number of hydrogen-bond donors (Lipinski definition) is 1. The summed E-state index contributed by atoms with van der Waals surface area (Å²) in [6, 6.07) is 0. The summed E-state index contributed by atoms with van der Waals surface area (Å²) in [5.41, 5.74) is 0. The van der Waals surface area contributed by atoms with E-state index in [1.807, 2.05) is 6.92 Å². The van der Waals surface area contributed by atoms with Gasteiger partial charge in [0.05, 0.1) is 0 Å². The molecular formula is C9H19NO2. The Morgan fingerprint density at radius 2 is 1.92 bits per heavy atom. The van der Waals surface area contributed by atoms with Crippen molar-refractivity contribution in [3.8, 4) is 0 Å². The largest absolute Gasteiger partial charge is 0.356 e. The van der Waals surface area contributed by atoms with Gasteiger partial charge in [-0.1, -0.05) is 20.3 Å². The van der Waals surface area contributed by atoms with Gasteiger partial charge in [-0.2, -0.15) is 0 Å². The van der Waals surface area contributed by atoms with Gasteiger partial charge in [-0.15, -0.1) is 0 Å². The van der Waals surface area contributed by atoms with E-state index in [1.54, 1.807) is 0 Å². The van der Waals surface area contributed by atoms with Crippen molar-refractivity contribution in [3.63, 3.8) is 0 Å². The summed E-state index contributed by atoms with van der Waals surface area (Å²) in [6.07, 6.45) is 3.58. The van der Waals surface area contributed by atoms with Gasteiger partial charge in [0.25, 0.3) is 0 Å². The predicted molar refractivity (Wildman–Crippen MR) is 49.9 cm³/mol. The maximum absolute atomic E-state index is 10.6. The number of carbonyl (C=O) groups excluding carboxylic acids is 2. The second kappa shape index (κ2) is 12.8. The highest BCUT2D eigenvalue weighted by Crippen LogP contribution is 1.83. The van der Waals surface area contributed by atoms with Crippen LogP contribution in [0.2, 0.25) is 0 Å². The second-order valence-corrected chi connectivity index (χ2v) is 2.29. The van der Waals surface area contributed by atoms with Crippen LogP contribution in [0.4, 0.5) is 0 Å². The molecule has 12 heavy (non-hydrogen) atoms. The summed E-state index contributed by atoms with van der Waals surface area (Å²) in [5.74, 6) is 0.156. The number of carbonyl (C=O) groups is 2. The quantitative estimate of drug-likeness (QED) is 0.517. The molecule has 0 aromatic carbocycles. The van der Waals surface area contributed by atoms with Crippen LogP contribution in [0.5, 0.6) is 0 Å². The zero-order chi connectivity index (χ0) is 9.82. The average Bonchev–Trinajstić information content (AvgIpc) is 2.06. The normalized spacial score (nSPS) is 7.92. The molecule has 72 valence electrons. The molecule has 0 aliphatic rings. The molecule has 0 aliphatic carbocycles.